The van der Waals surface area contributed by atoms with Crippen LogP contribution < -0.4 is 16.0 Å². The third-order valence-corrected chi connectivity index (χ3v) is 7.54. The molecule has 8 heteroatoms. The van der Waals surface area contributed by atoms with Gasteiger partial charge in [-0.25, -0.2) is 14.4 Å². The van der Waals surface area contributed by atoms with Gasteiger partial charge in [-0.1, -0.05) is 6.07 Å². The summed E-state index contributed by atoms with van der Waals surface area (Å²) in [6.07, 6.45) is 5.99. The normalized spacial score (nSPS) is 20.4. The van der Waals surface area contributed by atoms with Crippen LogP contribution in [0, 0.1) is 24.6 Å². The molecular weight excluding hydrogens is 413 g/mol. The van der Waals surface area contributed by atoms with E-state index in [0.29, 0.717) is 39.4 Å². The first-order valence-electron chi connectivity index (χ1n) is 10.8. The number of nitrogens with two attached hydrogens (primary N) is 1. The van der Waals surface area contributed by atoms with Gasteiger partial charge in [0.05, 0.1) is 11.4 Å². The number of aryl methyl sites for hydroxylation is 1. The maximum atomic E-state index is 14.7. The summed E-state index contributed by atoms with van der Waals surface area (Å²) in [5.74, 6) is 1.02. The van der Waals surface area contributed by atoms with Crippen LogP contribution in [0.2, 0.25) is 0 Å². The number of nitrogen functional groups attached to an aromatic ring is 1. The highest BCUT2D eigenvalue weighted by molar-refractivity contribution is 7.21. The Kier molecular flexibility index (Phi) is 5.25. The van der Waals surface area contributed by atoms with Crippen LogP contribution in [0.15, 0.2) is 24.4 Å². The van der Waals surface area contributed by atoms with Gasteiger partial charge < -0.3 is 16.0 Å². The van der Waals surface area contributed by atoms with E-state index in [1.165, 1.54) is 30.6 Å². The number of aromatic nitrogens is 2. The number of hydrogen-bond acceptors (Lipinski definition) is 6. The molecule has 2 atom stereocenters. The van der Waals surface area contributed by atoms with Crippen molar-refractivity contribution < 1.29 is 9.18 Å². The Labute approximate surface area is 184 Å². The van der Waals surface area contributed by atoms with Crippen LogP contribution in [0.4, 0.5) is 15.8 Å². The molecule has 2 aromatic heterocycles. The summed E-state index contributed by atoms with van der Waals surface area (Å²) in [5, 5.41) is 2.85. The molecule has 0 spiro atoms. The van der Waals surface area contributed by atoms with Gasteiger partial charge in [-0.05, 0) is 62.1 Å². The number of rotatable bonds is 5. The summed E-state index contributed by atoms with van der Waals surface area (Å²) in [6.45, 7) is 4.24. The Hall–Kier alpha value is -2.74. The number of carbonyl (C=O) groups is 1. The Bertz CT molecular complexity index is 1130. The maximum absolute atomic E-state index is 14.7. The van der Waals surface area contributed by atoms with Crippen LogP contribution in [0.3, 0.4) is 0 Å². The summed E-state index contributed by atoms with van der Waals surface area (Å²) in [6, 6.07) is 5.50. The van der Waals surface area contributed by atoms with Gasteiger partial charge in [0.1, 0.15) is 21.0 Å². The first kappa shape index (κ1) is 20.2. The molecule has 3 heterocycles. The van der Waals surface area contributed by atoms with E-state index in [2.05, 4.69) is 20.2 Å². The van der Waals surface area contributed by atoms with E-state index in [1.807, 2.05) is 19.1 Å². The lowest BCUT2D eigenvalue weighted by atomic mass is 9.98. The van der Waals surface area contributed by atoms with Crippen molar-refractivity contribution in [3.8, 4) is 0 Å². The van der Waals surface area contributed by atoms with Crippen LogP contribution in [-0.2, 0) is 6.42 Å². The molecule has 3 aromatic rings. The quantitative estimate of drug-likeness (QED) is 0.629. The lowest BCUT2D eigenvalue weighted by Gasteiger charge is -2.33. The van der Waals surface area contributed by atoms with E-state index in [1.54, 1.807) is 12.3 Å². The standard InChI is InChI=1S/C23H26FN5OS/c1-13-10-27-20-19(25)21(31-23(20)28-13)22(30)26-7-6-16-4-5-17(9-18(16)24)29-11-14-2-3-15(8-14)12-29/h4-5,9-10,14-15H,2-3,6-8,11-12,25H2,1H3,(H,26,30). The number of nitrogens with one attached hydrogen (secondary N) is 1. The van der Waals surface area contributed by atoms with Crippen molar-refractivity contribution >= 4 is 39.0 Å². The zero-order valence-electron chi connectivity index (χ0n) is 17.5. The lowest BCUT2D eigenvalue weighted by Crippen LogP contribution is -2.36. The van der Waals surface area contributed by atoms with E-state index in [4.69, 9.17) is 5.73 Å². The Morgan fingerprint density at radius 1 is 1.32 bits per heavy atom. The maximum Gasteiger partial charge on any atom is 0.263 e. The van der Waals surface area contributed by atoms with Gasteiger partial charge in [-0.3, -0.25) is 4.79 Å². The summed E-state index contributed by atoms with van der Waals surface area (Å²) < 4.78 is 14.7. The minimum Gasteiger partial charge on any atom is -0.396 e. The fourth-order valence-electron chi connectivity index (χ4n) is 4.88. The van der Waals surface area contributed by atoms with Gasteiger partial charge in [0, 0.05) is 31.5 Å². The SMILES string of the molecule is Cc1cnc2c(N)c(C(=O)NCCc3ccc(N4CC5CCC(C5)C4)cc3F)sc2n1. The van der Waals surface area contributed by atoms with Crippen LogP contribution >= 0.6 is 11.3 Å². The average Bonchev–Trinajstić information content (AvgIpc) is 3.26. The molecule has 162 valence electrons. The summed E-state index contributed by atoms with van der Waals surface area (Å²) in [5.41, 5.74) is 9.33. The van der Waals surface area contributed by atoms with E-state index in [9.17, 15) is 9.18 Å². The van der Waals surface area contributed by atoms with E-state index >= 15 is 0 Å². The molecule has 2 unspecified atom stereocenters. The highest BCUT2D eigenvalue weighted by Crippen LogP contribution is 2.38. The van der Waals surface area contributed by atoms with Gasteiger partial charge in [-0.15, -0.1) is 11.3 Å². The van der Waals surface area contributed by atoms with Crippen LogP contribution in [-0.4, -0.2) is 35.5 Å². The summed E-state index contributed by atoms with van der Waals surface area (Å²) >= 11 is 1.23. The van der Waals surface area contributed by atoms with Gasteiger partial charge in [0.2, 0.25) is 0 Å². The molecule has 2 bridgehead atoms. The Balaban J connectivity index is 1.21. The molecule has 31 heavy (non-hydrogen) atoms. The first-order chi connectivity index (χ1) is 15.0. The largest absolute Gasteiger partial charge is 0.396 e. The van der Waals surface area contributed by atoms with E-state index < -0.39 is 0 Å². The third-order valence-electron chi connectivity index (χ3n) is 6.45. The van der Waals surface area contributed by atoms with Crippen LogP contribution in [0.1, 0.15) is 40.2 Å². The molecule has 1 saturated carbocycles. The minimum absolute atomic E-state index is 0.213. The number of amides is 1. The third kappa shape index (κ3) is 3.96. The molecule has 1 amide bonds. The van der Waals surface area contributed by atoms with Crippen LogP contribution in [0.5, 0.6) is 0 Å². The first-order valence-corrected chi connectivity index (χ1v) is 11.6. The monoisotopic (exact) mass is 439 g/mol. The fraction of sp³-hybridized carbons (Fsp3) is 0.435. The summed E-state index contributed by atoms with van der Waals surface area (Å²) in [7, 11) is 0. The van der Waals surface area contributed by atoms with Crippen molar-refractivity contribution in [2.45, 2.75) is 32.6 Å². The predicted octanol–water partition coefficient (Wildman–Crippen LogP) is 3.93. The van der Waals surface area contributed by atoms with E-state index in [0.717, 1.165) is 36.3 Å². The molecular formula is C23H26FN5OS. The Morgan fingerprint density at radius 3 is 2.84 bits per heavy atom. The topological polar surface area (TPSA) is 84.1 Å². The van der Waals surface area contributed by atoms with Crippen molar-refractivity contribution in [1.29, 1.82) is 0 Å². The zero-order chi connectivity index (χ0) is 21.5. The number of nitrogens with zero attached hydrogens (tertiary/aromatic N) is 3. The summed E-state index contributed by atoms with van der Waals surface area (Å²) in [4.78, 5) is 24.6. The van der Waals surface area contributed by atoms with Crippen molar-refractivity contribution in [3.05, 3.63) is 46.3 Å². The van der Waals surface area contributed by atoms with Gasteiger partial charge >= 0.3 is 0 Å². The second kappa shape index (κ2) is 8.07. The number of hydrogen-bond donors (Lipinski definition) is 2. The van der Waals surface area contributed by atoms with E-state index in [-0.39, 0.29) is 11.7 Å². The second-order valence-corrected chi connectivity index (χ2v) is 9.74. The molecule has 2 aliphatic rings. The number of anilines is 2. The molecule has 1 aliphatic heterocycles. The van der Waals surface area contributed by atoms with Crippen molar-refractivity contribution in [2.75, 3.05) is 30.3 Å². The molecule has 1 saturated heterocycles. The molecule has 5 rings (SSSR count). The van der Waals surface area contributed by atoms with Crippen molar-refractivity contribution in [1.82, 2.24) is 15.3 Å². The predicted molar refractivity (Wildman–Crippen MR) is 122 cm³/mol. The van der Waals surface area contributed by atoms with Crippen molar-refractivity contribution in [3.63, 3.8) is 0 Å². The number of thiophene rings is 1. The number of benzene rings is 1. The molecule has 1 aromatic carbocycles. The molecule has 2 fully saturated rings. The average molecular weight is 440 g/mol. The minimum atomic E-state index is -0.277. The number of halogens is 1. The van der Waals surface area contributed by atoms with Crippen LogP contribution in [0.25, 0.3) is 10.3 Å². The fourth-order valence-corrected chi connectivity index (χ4v) is 5.90. The number of carbonyl (C=O) groups excluding carboxylic acids is 1. The Morgan fingerprint density at radius 2 is 2.10 bits per heavy atom. The van der Waals surface area contributed by atoms with Gasteiger partial charge in [0.25, 0.3) is 5.91 Å². The highest BCUT2D eigenvalue weighted by Gasteiger charge is 2.33. The molecule has 3 N–H and O–H groups in total. The molecule has 1 aliphatic carbocycles. The lowest BCUT2D eigenvalue weighted by molar-refractivity contribution is 0.0959. The number of piperidine rings is 1. The van der Waals surface area contributed by atoms with Crippen molar-refractivity contribution in [2.24, 2.45) is 11.8 Å². The smallest absolute Gasteiger partial charge is 0.263 e. The highest BCUT2D eigenvalue weighted by atomic mass is 32.1. The molecule has 6 nitrogen and oxygen atoms in total. The number of fused-ring (bicyclic) bond motifs is 3. The zero-order valence-corrected chi connectivity index (χ0v) is 18.3. The van der Waals surface area contributed by atoms with Gasteiger partial charge in [0.15, 0.2) is 0 Å². The van der Waals surface area contributed by atoms with Gasteiger partial charge in [-0.2, -0.15) is 0 Å². The second-order valence-electron chi connectivity index (χ2n) is 8.74. The molecule has 0 radical (unpaired) electrons.